The molecule has 0 saturated carbocycles. The molecule has 3 aromatic rings. The molecule has 2 aromatic carbocycles. The Bertz CT molecular complexity index is 1070. The van der Waals surface area contributed by atoms with Crippen LogP contribution in [-0.2, 0) is 17.6 Å². The lowest BCUT2D eigenvalue weighted by Gasteiger charge is -2.16. The van der Waals surface area contributed by atoms with Crippen LogP contribution in [0.2, 0.25) is 5.02 Å². The number of anilines is 1. The molecule has 0 saturated heterocycles. The molecule has 0 bridgehead atoms. The molecule has 0 radical (unpaired) electrons. The lowest BCUT2D eigenvalue weighted by molar-refractivity contribution is -0.116. The van der Waals surface area contributed by atoms with E-state index in [9.17, 15) is 4.79 Å². The van der Waals surface area contributed by atoms with Gasteiger partial charge in [-0.25, -0.2) is 4.98 Å². The van der Waals surface area contributed by atoms with Gasteiger partial charge in [0.2, 0.25) is 5.91 Å². The summed E-state index contributed by atoms with van der Waals surface area (Å²) in [6.45, 7) is 4.40. The van der Waals surface area contributed by atoms with Crippen molar-refractivity contribution in [3.8, 4) is 17.0 Å². The van der Waals surface area contributed by atoms with E-state index >= 15 is 0 Å². The molecule has 0 atom stereocenters. The smallest absolute Gasteiger partial charge is 0.226 e. The molecular weight excluding hydrogens is 428 g/mol. The molecule has 4 rings (SSSR count). The molecule has 0 spiro atoms. The third-order valence-corrected chi connectivity index (χ3v) is 6.98. The number of nitrogens with one attached hydrogen (secondary N) is 1. The average Bonchev–Trinajstić information content (AvgIpc) is 3.23. The molecule has 1 amide bonds. The van der Waals surface area contributed by atoms with Gasteiger partial charge in [0.05, 0.1) is 12.3 Å². The Morgan fingerprint density at radius 3 is 2.65 bits per heavy atom. The zero-order valence-corrected chi connectivity index (χ0v) is 19.5. The summed E-state index contributed by atoms with van der Waals surface area (Å²) < 4.78 is 5.78. The summed E-state index contributed by atoms with van der Waals surface area (Å²) in [6.07, 6.45) is 5.89. The highest BCUT2D eigenvalue weighted by Gasteiger charge is 2.13. The van der Waals surface area contributed by atoms with Crippen molar-refractivity contribution in [3.63, 3.8) is 0 Å². The van der Waals surface area contributed by atoms with E-state index in [-0.39, 0.29) is 5.91 Å². The lowest BCUT2D eigenvalue weighted by Crippen LogP contribution is -2.12. The molecule has 31 heavy (non-hydrogen) atoms. The number of aromatic nitrogens is 1. The Morgan fingerprint density at radius 1 is 1.13 bits per heavy atom. The van der Waals surface area contributed by atoms with Crippen LogP contribution in [-0.4, -0.2) is 17.5 Å². The molecule has 4 nitrogen and oxygen atoms in total. The number of amides is 1. The van der Waals surface area contributed by atoms with Crippen LogP contribution in [0.5, 0.6) is 5.75 Å². The quantitative estimate of drug-likeness (QED) is 0.401. The van der Waals surface area contributed by atoms with Crippen LogP contribution in [0.25, 0.3) is 11.3 Å². The van der Waals surface area contributed by atoms with Crippen LogP contribution in [0.1, 0.15) is 47.9 Å². The van der Waals surface area contributed by atoms with Gasteiger partial charge in [-0.3, -0.25) is 4.79 Å². The maximum atomic E-state index is 12.3. The lowest BCUT2D eigenvalue weighted by atomic mass is 9.90. The highest BCUT2D eigenvalue weighted by molar-refractivity contribution is 7.14. The summed E-state index contributed by atoms with van der Waals surface area (Å²) in [7, 11) is 0. The number of aryl methyl sites for hydroxylation is 4. The molecule has 1 heterocycles. The fraction of sp³-hybridized carbons (Fsp3) is 0.360. The number of hydrogen-bond acceptors (Lipinski definition) is 4. The van der Waals surface area contributed by atoms with Crippen LogP contribution in [0.3, 0.4) is 0 Å². The average molecular weight is 455 g/mol. The van der Waals surface area contributed by atoms with E-state index in [1.54, 1.807) is 0 Å². The van der Waals surface area contributed by atoms with Gasteiger partial charge in [0.1, 0.15) is 5.75 Å². The minimum Gasteiger partial charge on any atom is -0.494 e. The Balaban J connectivity index is 1.26. The topological polar surface area (TPSA) is 51.2 Å². The van der Waals surface area contributed by atoms with Crippen LogP contribution in [0, 0.1) is 13.8 Å². The monoisotopic (exact) mass is 454 g/mol. The molecule has 0 fully saturated rings. The van der Waals surface area contributed by atoms with Crippen molar-refractivity contribution in [1.29, 1.82) is 0 Å². The van der Waals surface area contributed by atoms with Gasteiger partial charge in [0, 0.05) is 22.4 Å². The van der Waals surface area contributed by atoms with Gasteiger partial charge in [-0.05, 0) is 86.4 Å². The number of thiazole rings is 1. The standard InChI is InChI=1S/C25H27ClN2O2S/c1-16-12-21(13-17(2)24(16)26)30-11-5-8-23(29)28-25-27-22(15-31-25)20-10-9-18-6-3-4-7-19(18)14-20/h9-10,12-15H,3-8,11H2,1-2H3,(H,27,28,29). The van der Waals surface area contributed by atoms with E-state index in [1.165, 1.54) is 41.7 Å². The number of fused-ring (bicyclic) bond motifs is 1. The number of ether oxygens (including phenoxy) is 1. The second-order valence-electron chi connectivity index (χ2n) is 8.10. The Hall–Kier alpha value is -2.37. The van der Waals surface area contributed by atoms with E-state index in [0.717, 1.165) is 39.6 Å². The van der Waals surface area contributed by atoms with E-state index in [1.807, 2.05) is 31.4 Å². The molecule has 0 unspecified atom stereocenters. The maximum Gasteiger partial charge on any atom is 0.226 e. The fourth-order valence-electron chi connectivity index (χ4n) is 3.95. The molecule has 162 valence electrons. The van der Waals surface area contributed by atoms with Gasteiger partial charge in [-0.1, -0.05) is 23.7 Å². The van der Waals surface area contributed by atoms with E-state index < -0.39 is 0 Å². The van der Waals surface area contributed by atoms with Crippen molar-refractivity contribution < 1.29 is 9.53 Å². The fourth-order valence-corrected chi connectivity index (χ4v) is 4.80. The number of halogens is 1. The first-order valence-corrected chi connectivity index (χ1v) is 12.0. The second-order valence-corrected chi connectivity index (χ2v) is 9.34. The molecule has 1 aromatic heterocycles. The largest absolute Gasteiger partial charge is 0.494 e. The number of nitrogens with zero attached hydrogens (tertiary/aromatic N) is 1. The predicted molar refractivity (Wildman–Crippen MR) is 128 cm³/mol. The van der Waals surface area contributed by atoms with Crippen molar-refractivity contribution in [3.05, 3.63) is 63.0 Å². The number of carbonyl (C=O) groups excluding carboxylic acids is 1. The predicted octanol–water partition coefficient (Wildman–Crippen LogP) is 6.76. The van der Waals surface area contributed by atoms with E-state index in [0.29, 0.717) is 24.6 Å². The summed E-state index contributed by atoms with van der Waals surface area (Å²) in [4.78, 5) is 16.9. The zero-order chi connectivity index (χ0) is 21.8. The summed E-state index contributed by atoms with van der Waals surface area (Å²) in [5.41, 5.74) is 6.93. The van der Waals surface area contributed by atoms with Crippen LogP contribution in [0.15, 0.2) is 35.7 Å². The number of rotatable bonds is 7. The molecular formula is C25H27ClN2O2S. The number of carbonyl (C=O) groups is 1. The number of benzene rings is 2. The molecule has 6 heteroatoms. The molecule has 0 aliphatic heterocycles. The first-order valence-electron chi connectivity index (χ1n) is 10.8. The maximum absolute atomic E-state index is 12.3. The molecule has 1 aliphatic carbocycles. The van der Waals surface area contributed by atoms with E-state index in [2.05, 4.69) is 28.5 Å². The first kappa shape index (κ1) is 21.8. The van der Waals surface area contributed by atoms with Crippen molar-refractivity contribution in [2.75, 3.05) is 11.9 Å². The van der Waals surface area contributed by atoms with Gasteiger partial charge in [0.25, 0.3) is 0 Å². The van der Waals surface area contributed by atoms with Gasteiger partial charge >= 0.3 is 0 Å². The first-order chi connectivity index (χ1) is 15.0. The normalized spacial score (nSPS) is 13.0. The van der Waals surface area contributed by atoms with Gasteiger partial charge in [0.15, 0.2) is 5.13 Å². The SMILES string of the molecule is Cc1cc(OCCCC(=O)Nc2nc(-c3ccc4c(c3)CCCC4)cs2)cc(C)c1Cl. The van der Waals surface area contributed by atoms with Gasteiger partial charge in [-0.15, -0.1) is 11.3 Å². The summed E-state index contributed by atoms with van der Waals surface area (Å²) >= 11 is 7.65. The van der Waals surface area contributed by atoms with Gasteiger partial charge < -0.3 is 10.1 Å². The van der Waals surface area contributed by atoms with E-state index in [4.69, 9.17) is 16.3 Å². The van der Waals surface area contributed by atoms with Gasteiger partial charge in [-0.2, -0.15) is 0 Å². The summed E-state index contributed by atoms with van der Waals surface area (Å²) in [6, 6.07) is 10.5. The van der Waals surface area contributed by atoms with Crippen molar-refractivity contribution >= 4 is 34.0 Å². The summed E-state index contributed by atoms with van der Waals surface area (Å²) in [5, 5.41) is 6.33. The highest BCUT2D eigenvalue weighted by atomic mass is 35.5. The Morgan fingerprint density at radius 2 is 1.87 bits per heavy atom. The van der Waals surface area contributed by atoms with Crippen molar-refractivity contribution in [2.45, 2.75) is 52.4 Å². The van der Waals surface area contributed by atoms with Crippen LogP contribution in [0.4, 0.5) is 5.13 Å². The zero-order valence-electron chi connectivity index (χ0n) is 18.0. The minimum atomic E-state index is -0.0431. The van der Waals surface area contributed by atoms with Crippen molar-refractivity contribution in [1.82, 2.24) is 4.98 Å². The molecule has 1 N–H and O–H groups in total. The Kier molecular flexibility index (Phi) is 6.93. The van der Waals surface area contributed by atoms with Crippen molar-refractivity contribution in [2.24, 2.45) is 0 Å². The molecule has 1 aliphatic rings. The minimum absolute atomic E-state index is 0.0431. The second kappa shape index (κ2) is 9.84. The third-order valence-electron chi connectivity index (χ3n) is 5.62. The highest BCUT2D eigenvalue weighted by Crippen LogP contribution is 2.30. The van der Waals surface area contributed by atoms with Crippen LogP contribution >= 0.6 is 22.9 Å². The number of hydrogen-bond donors (Lipinski definition) is 1. The third kappa shape index (κ3) is 5.46. The summed E-state index contributed by atoms with van der Waals surface area (Å²) in [5.74, 6) is 0.743. The Labute approximate surface area is 192 Å². The van der Waals surface area contributed by atoms with Crippen LogP contribution < -0.4 is 10.1 Å².